The van der Waals surface area contributed by atoms with Crippen LogP contribution in [0.1, 0.15) is 16.1 Å². The number of amides is 1. The SMILES string of the molecule is CN(C)C(=O)c1cccc(NCc2ccn[nH]2)c1. The predicted molar refractivity (Wildman–Crippen MR) is 70.4 cm³/mol. The Labute approximate surface area is 106 Å². The average molecular weight is 244 g/mol. The third kappa shape index (κ3) is 2.88. The molecule has 1 aromatic heterocycles. The molecule has 2 aromatic rings. The normalized spacial score (nSPS) is 10.1. The summed E-state index contributed by atoms with van der Waals surface area (Å²) in [5.74, 6) is 0.000176. The molecule has 18 heavy (non-hydrogen) atoms. The van der Waals surface area contributed by atoms with Crippen LogP contribution >= 0.6 is 0 Å². The van der Waals surface area contributed by atoms with Gasteiger partial charge in [0.2, 0.25) is 0 Å². The topological polar surface area (TPSA) is 61.0 Å². The molecule has 0 radical (unpaired) electrons. The van der Waals surface area contributed by atoms with Crippen LogP contribution in [0, 0.1) is 0 Å². The second-order valence-electron chi connectivity index (χ2n) is 4.22. The highest BCUT2D eigenvalue weighted by molar-refractivity contribution is 5.94. The minimum Gasteiger partial charge on any atom is -0.379 e. The van der Waals surface area contributed by atoms with Crippen LogP contribution in [0.15, 0.2) is 36.5 Å². The van der Waals surface area contributed by atoms with Crippen LogP contribution in [0.2, 0.25) is 0 Å². The fraction of sp³-hybridized carbons (Fsp3) is 0.231. The molecule has 0 atom stereocenters. The molecule has 2 N–H and O–H groups in total. The second-order valence-corrected chi connectivity index (χ2v) is 4.22. The monoisotopic (exact) mass is 244 g/mol. The van der Waals surface area contributed by atoms with Gasteiger partial charge in [0.05, 0.1) is 12.2 Å². The summed E-state index contributed by atoms with van der Waals surface area (Å²) >= 11 is 0. The second kappa shape index (κ2) is 5.35. The van der Waals surface area contributed by atoms with Crippen LogP contribution in [-0.2, 0) is 6.54 Å². The van der Waals surface area contributed by atoms with E-state index >= 15 is 0 Å². The number of H-pyrrole nitrogens is 1. The van der Waals surface area contributed by atoms with Crippen molar-refractivity contribution in [1.82, 2.24) is 15.1 Å². The Morgan fingerprint density at radius 2 is 2.22 bits per heavy atom. The summed E-state index contributed by atoms with van der Waals surface area (Å²) in [6, 6.07) is 9.36. The van der Waals surface area contributed by atoms with Gasteiger partial charge in [-0.2, -0.15) is 5.10 Å². The lowest BCUT2D eigenvalue weighted by molar-refractivity contribution is 0.0827. The Kier molecular flexibility index (Phi) is 3.62. The van der Waals surface area contributed by atoms with Crippen molar-refractivity contribution >= 4 is 11.6 Å². The van der Waals surface area contributed by atoms with Gasteiger partial charge in [0.25, 0.3) is 5.91 Å². The van der Waals surface area contributed by atoms with Gasteiger partial charge in [0, 0.05) is 31.5 Å². The molecule has 0 spiro atoms. The number of benzene rings is 1. The number of hydrogen-bond acceptors (Lipinski definition) is 3. The number of anilines is 1. The molecule has 1 amide bonds. The van der Waals surface area contributed by atoms with Gasteiger partial charge in [-0.05, 0) is 24.3 Å². The van der Waals surface area contributed by atoms with E-state index in [1.807, 2.05) is 30.3 Å². The van der Waals surface area contributed by atoms with Crippen molar-refractivity contribution in [2.45, 2.75) is 6.54 Å². The van der Waals surface area contributed by atoms with Gasteiger partial charge in [0.1, 0.15) is 0 Å². The van der Waals surface area contributed by atoms with E-state index < -0.39 is 0 Å². The van der Waals surface area contributed by atoms with E-state index in [2.05, 4.69) is 15.5 Å². The smallest absolute Gasteiger partial charge is 0.253 e. The molecule has 94 valence electrons. The highest BCUT2D eigenvalue weighted by atomic mass is 16.2. The minimum absolute atomic E-state index is 0.000176. The first-order chi connectivity index (χ1) is 8.66. The summed E-state index contributed by atoms with van der Waals surface area (Å²) in [5, 5.41) is 9.99. The third-order valence-corrected chi connectivity index (χ3v) is 2.56. The summed E-state index contributed by atoms with van der Waals surface area (Å²) in [6.07, 6.45) is 1.71. The molecule has 0 aliphatic rings. The molecule has 5 nitrogen and oxygen atoms in total. The lowest BCUT2D eigenvalue weighted by Crippen LogP contribution is -2.21. The highest BCUT2D eigenvalue weighted by Gasteiger charge is 2.07. The molecule has 1 aromatic carbocycles. The van der Waals surface area contributed by atoms with Gasteiger partial charge >= 0.3 is 0 Å². The number of nitrogens with one attached hydrogen (secondary N) is 2. The summed E-state index contributed by atoms with van der Waals surface area (Å²) in [7, 11) is 3.49. The van der Waals surface area contributed by atoms with Crippen LogP contribution in [0.3, 0.4) is 0 Å². The van der Waals surface area contributed by atoms with Crippen LogP contribution in [-0.4, -0.2) is 35.1 Å². The largest absolute Gasteiger partial charge is 0.379 e. The van der Waals surface area contributed by atoms with Crippen LogP contribution in [0.4, 0.5) is 5.69 Å². The average Bonchev–Trinajstić information content (AvgIpc) is 2.89. The van der Waals surface area contributed by atoms with E-state index in [4.69, 9.17) is 0 Å². The van der Waals surface area contributed by atoms with Gasteiger partial charge in [-0.3, -0.25) is 9.89 Å². The molecule has 0 fully saturated rings. The molecule has 0 aliphatic carbocycles. The Bertz CT molecular complexity index is 520. The zero-order chi connectivity index (χ0) is 13.0. The van der Waals surface area contributed by atoms with Gasteiger partial charge in [-0.25, -0.2) is 0 Å². The number of aromatic nitrogens is 2. The van der Waals surface area contributed by atoms with Crippen LogP contribution in [0.5, 0.6) is 0 Å². The van der Waals surface area contributed by atoms with Crippen molar-refractivity contribution in [3.63, 3.8) is 0 Å². The Balaban J connectivity index is 2.05. The van der Waals surface area contributed by atoms with E-state index in [0.717, 1.165) is 11.4 Å². The number of rotatable bonds is 4. The Morgan fingerprint density at radius 3 is 2.89 bits per heavy atom. The summed E-state index contributed by atoms with van der Waals surface area (Å²) < 4.78 is 0. The zero-order valence-corrected chi connectivity index (χ0v) is 10.5. The van der Waals surface area contributed by atoms with Crippen molar-refractivity contribution in [3.05, 3.63) is 47.8 Å². The molecule has 0 saturated carbocycles. The number of nitrogens with zero attached hydrogens (tertiary/aromatic N) is 2. The molecular formula is C13H16N4O. The van der Waals surface area contributed by atoms with Crippen molar-refractivity contribution in [3.8, 4) is 0 Å². The van der Waals surface area contributed by atoms with E-state index in [9.17, 15) is 4.79 Å². The van der Waals surface area contributed by atoms with Gasteiger partial charge < -0.3 is 10.2 Å². The quantitative estimate of drug-likeness (QED) is 0.861. The van der Waals surface area contributed by atoms with E-state index in [1.165, 1.54) is 0 Å². The number of hydrogen-bond donors (Lipinski definition) is 2. The molecular weight excluding hydrogens is 228 g/mol. The third-order valence-electron chi connectivity index (χ3n) is 2.56. The fourth-order valence-electron chi connectivity index (χ4n) is 1.60. The standard InChI is InChI=1S/C13H16N4O/c1-17(2)13(18)10-4-3-5-11(8-10)14-9-12-6-7-15-16-12/h3-8,14H,9H2,1-2H3,(H,15,16). The van der Waals surface area contributed by atoms with E-state index in [0.29, 0.717) is 12.1 Å². The first-order valence-corrected chi connectivity index (χ1v) is 5.70. The van der Waals surface area contributed by atoms with E-state index in [1.54, 1.807) is 25.2 Å². The highest BCUT2D eigenvalue weighted by Crippen LogP contribution is 2.12. The maximum Gasteiger partial charge on any atom is 0.253 e. The lowest BCUT2D eigenvalue weighted by Gasteiger charge is -2.11. The van der Waals surface area contributed by atoms with Crippen molar-refractivity contribution in [1.29, 1.82) is 0 Å². The minimum atomic E-state index is 0.000176. The zero-order valence-electron chi connectivity index (χ0n) is 10.5. The maximum atomic E-state index is 11.8. The molecule has 5 heteroatoms. The molecule has 1 heterocycles. The number of aromatic amines is 1. The van der Waals surface area contributed by atoms with Crippen molar-refractivity contribution < 1.29 is 4.79 Å². The molecule has 0 saturated heterocycles. The fourth-order valence-corrected chi connectivity index (χ4v) is 1.60. The summed E-state index contributed by atoms with van der Waals surface area (Å²) in [5.41, 5.74) is 2.59. The Hall–Kier alpha value is -2.30. The molecule has 0 unspecified atom stereocenters. The first kappa shape index (κ1) is 12.2. The van der Waals surface area contributed by atoms with Gasteiger partial charge in [-0.1, -0.05) is 6.07 Å². The van der Waals surface area contributed by atoms with E-state index in [-0.39, 0.29) is 5.91 Å². The number of carbonyl (C=O) groups excluding carboxylic acids is 1. The Morgan fingerprint density at radius 1 is 1.39 bits per heavy atom. The van der Waals surface area contributed by atoms with Crippen molar-refractivity contribution in [2.75, 3.05) is 19.4 Å². The van der Waals surface area contributed by atoms with Crippen molar-refractivity contribution in [2.24, 2.45) is 0 Å². The molecule has 0 aliphatic heterocycles. The maximum absolute atomic E-state index is 11.8. The lowest BCUT2D eigenvalue weighted by atomic mass is 10.2. The first-order valence-electron chi connectivity index (χ1n) is 5.70. The molecule has 2 rings (SSSR count). The van der Waals surface area contributed by atoms with Gasteiger partial charge in [0.15, 0.2) is 0 Å². The predicted octanol–water partition coefficient (Wildman–Crippen LogP) is 1.72. The molecule has 0 bridgehead atoms. The number of carbonyl (C=O) groups is 1. The van der Waals surface area contributed by atoms with Gasteiger partial charge in [-0.15, -0.1) is 0 Å². The summed E-state index contributed by atoms with van der Waals surface area (Å²) in [4.78, 5) is 13.4. The van der Waals surface area contributed by atoms with Crippen LogP contribution in [0.25, 0.3) is 0 Å². The van der Waals surface area contributed by atoms with Crippen LogP contribution < -0.4 is 5.32 Å². The summed E-state index contributed by atoms with van der Waals surface area (Å²) in [6.45, 7) is 0.652.